The largest absolute Gasteiger partial charge is 0.341 e. The maximum absolute atomic E-state index is 12.6. The molecule has 2 atom stereocenters. The van der Waals surface area contributed by atoms with Crippen molar-refractivity contribution < 1.29 is 4.79 Å². The van der Waals surface area contributed by atoms with E-state index in [9.17, 15) is 4.79 Å². The van der Waals surface area contributed by atoms with E-state index in [-0.39, 0.29) is 5.91 Å². The van der Waals surface area contributed by atoms with Crippen molar-refractivity contribution in [1.29, 1.82) is 0 Å². The Morgan fingerprint density at radius 3 is 2.41 bits per heavy atom. The molecule has 2 N–H and O–H groups in total. The van der Waals surface area contributed by atoms with Gasteiger partial charge in [-0.2, -0.15) is 0 Å². The summed E-state index contributed by atoms with van der Waals surface area (Å²) in [6, 6.07) is 0. The Labute approximate surface area is 105 Å². The quantitative estimate of drug-likeness (QED) is 0.762. The zero-order chi connectivity index (χ0) is 12.3. The number of hydrogen-bond donors (Lipinski definition) is 1. The predicted molar refractivity (Wildman–Crippen MR) is 69.6 cm³/mol. The summed E-state index contributed by atoms with van der Waals surface area (Å²) < 4.78 is 0. The average Bonchev–Trinajstić information content (AvgIpc) is 2.56. The van der Waals surface area contributed by atoms with Crippen LogP contribution in [0.1, 0.15) is 58.3 Å². The van der Waals surface area contributed by atoms with Crippen molar-refractivity contribution >= 4 is 5.91 Å². The number of likely N-dealkylation sites (tertiary alicyclic amines) is 1. The zero-order valence-corrected chi connectivity index (χ0v) is 11.1. The van der Waals surface area contributed by atoms with E-state index in [1.807, 2.05) is 4.90 Å². The average molecular weight is 238 g/mol. The predicted octanol–water partition coefficient (Wildman–Crippen LogP) is 2.30. The van der Waals surface area contributed by atoms with Gasteiger partial charge in [0.1, 0.15) is 0 Å². The SMILES string of the molecule is CC1CCCC(N)(C(=O)N2CCCCCC2)C1. The second-order valence-corrected chi connectivity index (χ2v) is 6.06. The summed E-state index contributed by atoms with van der Waals surface area (Å²) in [4.78, 5) is 14.6. The highest BCUT2D eigenvalue weighted by Gasteiger charge is 2.40. The van der Waals surface area contributed by atoms with Gasteiger partial charge in [-0.3, -0.25) is 4.79 Å². The second kappa shape index (κ2) is 5.38. The lowest BCUT2D eigenvalue weighted by Crippen LogP contribution is -2.57. The molecule has 1 saturated carbocycles. The fourth-order valence-electron chi connectivity index (χ4n) is 3.37. The van der Waals surface area contributed by atoms with Crippen LogP contribution in [-0.4, -0.2) is 29.4 Å². The topological polar surface area (TPSA) is 46.3 Å². The molecule has 1 saturated heterocycles. The number of amides is 1. The molecule has 0 spiro atoms. The monoisotopic (exact) mass is 238 g/mol. The molecule has 0 radical (unpaired) electrons. The summed E-state index contributed by atoms with van der Waals surface area (Å²) in [6.45, 7) is 4.06. The molecule has 2 aliphatic rings. The van der Waals surface area contributed by atoms with Crippen molar-refractivity contribution in [2.45, 2.75) is 63.8 Å². The van der Waals surface area contributed by atoms with Gasteiger partial charge in [0.05, 0.1) is 5.54 Å². The first-order chi connectivity index (χ1) is 8.12. The van der Waals surface area contributed by atoms with Crippen LogP contribution < -0.4 is 5.73 Å². The molecule has 0 aromatic carbocycles. The minimum absolute atomic E-state index is 0.228. The Balaban J connectivity index is 2.01. The third kappa shape index (κ3) is 3.01. The number of rotatable bonds is 1. The van der Waals surface area contributed by atoms with Crippen molar-refractivity contribution in [1.82, 2.24) is 4.90 Å². The van der Waals surface area contributed by atoms with Crippen molar-refractivity contribution in [3.05, 3.63) is 0 Å². The highest BCUT2D eigenvalue weighted by atomic mass is 16.2. The van der Waals surface area contributed by atoms with Crippen LogP contribution in [0.4, 0.5) is 0 Å². The van der Waals surface area contributed by atoms with Crippen LogP contribution in [0.2, 0.25) is 0 Å². The van der Waals surface area contributed by atoms with E-state index in [0.717, 1.165) is 45.2 Å². The van der Waals surface area contributed by atoms with Crippen LogP contribution in [-0.2, 0) is 4.79 Å². The van der Waals surface area contributed by atoms with E-state index in [1.165, 1.54) is 19.3 Å². The summed E-state index contributed by atoms with van der Waals surface area (Å²) in [6.07, 6.45) is 8.92. The number of nitrogens with two attached hydrogens (primary N) is 1. The van der Waals surface area contributed by atoms with Gasteiger partial charge in [-0.1, -0.05) is 32.6 Å². The summed E-state index contributed by atoms with van der Waals surface area (Å²) in [7, 11) is 0. The number of hydrogen-bond acceptors (Lipinski definition) is 2. The summed E-state index contributed by atoms with van der Waals surface area (Å²) in [5.41, 5.74) is 5.83. The molecular weight excluding hydrogens is 212 g/mol. The first kappa shape index (κ1) is 12.9. The molecule has 0 bridgehead atoms. The van der Waals surface area contributed by atoms with E-state index < -0.39 is 5.54 Å². The molecule has 1 amide bonds. The normalized spacial score (nSPS) is 35.4. The maximum Gasteiger partial charge on any atom is 0.242 e. The van der Waals surface area contributed by atoms with Crippen LogP contribution in [0.15, 0.2) is 0 Å². The van der Waals surface area contributed by atoms with Gasteiger partial charge in [-0.25, -0.2) is 0 Å². The van der Waals surface area contributed by atoms with Crippen LogP contribution in [0.25, 0.3) is 0 Å². The molecule has 17 heavy (non-hydrogen) atoms. The minimum Gasteiger partial charge on any atom is -0.341 e. The van der Waals surface area contributed by atoms with E-state index in [0.29, 0.717) is 5.92 Å². The highest BCUT2D eigenvalue weighted by Crippen LogP contribution is 2.32. The van der Waals surface area contributed by atoms with E-state index in [2.05, 4.69) is 6.92 Å². The molecule has 98 valence electrons. The molecule has 2 rings (SSSR count). The third-order valence-electron chi connectivity index (χ3n) is 4.35. The first-order valence-electron chi connectivity index (χ1n) is 7.20. The highest BCUT2D eigenvalue weighted by molar-refractivity contribution is 5.86. The molecule has 3 heteroatoms. The van der Waals surface area contributed by atoms with Crippen molar-refractivity contribution in [3.63, 3.8) is 0 Å². The van der Waals surface area contributed by atoms with Crippen LogP contribution >= 0.6 is 0 Å². The Bertz CT molecular complexity index is 271. The lowest BCUT2D eigenvalue weighted by Gasteiger charge is -2.39. The Kier molecular flexibility index (Phi) is 4.08. The first-order valence-corrected chi connectivity index (χ1v) is 7.20. The van der Waals surface area contributed by atoms with Gasteiger partial charge in [-0.15, -0.1) is 0 Å². The van der Waals surface area contributed by atoms with E-state index in [1.54, 1.807) is 0 Å². The lowest BCUT2D eigenvalue weighted by molar-refractivity contribution is -0.138. The van der Waals surface area contributed by atoms with E-state index in [4.69, 9.17) is 5.73 Å². The molecule has 2 fully saturated rings. The number of carbonyl (C=O) groups is 1. The molecule has 0 aromatic heterocycles. The Morgan fingerprint density at radius 2 is 1.82 bits per heavy atom. The third-order valence-corrected chi connectivity index (χ3v) is 4.35. The lowest BCUT2D eigenvalue weighted by atomic mass is 9.76. The van der Waals surface area contributed by atoms with Gasteiger partial charge in [0.2, 0.25) is 5.91 Å². The maximum atomic E-state index is 12.6. The standard InChI is InChI=1S/C14H26N2O/c1-12-7-6-8-14(15,11-12)13(17)16-9-4-2-3-5-10-16/h12H,2-11,15H2,1H3. The molecule has 1 aliphatic carbocycles. The van der Waals surface area contributed by atoms with Crippen LogP contribution in [0.5, 0.6) is 0 Å². The van der Waals surface area contributed by atoms with Crippen molar-refractivity contribution in [2.75, 3.05) is 13.1 Å². The Hall–Kier alpha value is -0.570. The van der Waals surface area contributed by atoms with Crippen LogP contribution in [0, 0.1) is 5.92 Å². The van der Waals surface area contributed by atoms with Gasteiger partial charge < -0.3 is 10.6 Å². The zero-order valence-electron chi connectivity index (χ0n) is 11.1. The molecule has 0 aromatic rings. The van der Waals surface area contributed by atoms with Gasteiger partial charge in [0.15, 0.2) is 0 Å². The molecular formula is C14H26N2O. The van der Waals surface area contributed by atoms with Crippen molar-refractivity contribution in [2.24, 2.45) is 11.7 Å². The number of nitrogens with zero attached hydrogens (tertiary/aromatic N) is 1. The molecule has 1 aliphatic heterocycles. The molecule has 2 unspecified atom stereocenters. The van der Waals surface area contributed by atoms with E-state index >= 15 is 0 Å². The van der Waals surface area contributed by atoms with Crippen molar-refractivity contribution in [3.8, 4) is 0 Å². The summed E-state index contributed by atoms with van der Waals surface area (Å²) in [5, 5.41) is 0. The second-order valence-electron chi connectivity index (χ2n) is 6.06. The minimum atomic E-state index is -0.554. The molecule has 3 nitrogen and oxygen atoms in total. The van der Waals surface area contributed by atoms with Gasteiger partial charge in [-0.05, 0) is 31.6 Å². The fraction of sp³-hybridized carbons (Fsp3) is 0.929. The fourth-order valence-corrected chi connectivity index (χ4v) is 3.37. The summed E-state index contributed by atoms with van der Waals surface area (Å²) in [5.74, 6) is 0.829. The van der Waals surface area contributed by atoms with Crippen LogP contribution in [0.3, 0.4) is 0 Å². The Morgan fingerprint density at radius 1 is 1.18 bits per heavy atom. The van der Waals surface area contributed by atoms with Gasteiger partial charge in [0.25, 0.3) is 0 Å². The summed E-state index contributed by atoms with van der Waals surface area (Å²) >= 11 is 0. The smallest absolute Gasteiger partial charge is 0.242 e. The van der Waals surface area contributed by atoms with Gasteiger partial charge in [0, 0.05) is 13.1 Å². The van der Waals surface area contributed by atoms with Gasteiger partial charge >= 0.3 is 0 Å². The number of carbonyl (C=O) groups excluding carboxylic acids is 1. The molecule has 1 heterocycles.